The summed E-state index contributed by atoms with van der Waals surface area (Å²) in [4.78, 5) is 11.1. The summed E-state index contributed by atoms with van der Waals surface area (Å²) in [6.07, 6.45) is 0. The smallest absolute Gasteiger partial charge is 0.248 e. The van der Waals surface area contributed by atoms with Gasteiger partial charge in [0.1, 0.15) is 0 Å². The molecule has 2 aromatic rings. The molecule has 0 saturated carbocycles. The van der Waals surface area contributed by atoms with Crippen molar-refractivity contribution in [3.8, 4) is 0 Å². The molecule has 2 aromatic carbocycles. The van der Waals surface area contributed by atoms with Gasteiger partial charge in [-0.3, -0.25) is 4.79 Å². The minimum Gasteiger partial charge on any atom is -0.381 e. The summed E-state index contributed by atoms with van der Waals surface area (Å²) >= 11 is 0. The predicted octanol–water partition coefficient (Wildman–Crippen LogP) is 2.54. The van der Waals surface area contributed by atoms with E-state index < -0.39 is 5.91 Å². The van der Waals surface area contributed by atoms with Crippen molar-refractivity contribution >= 4 is 11.6 Å². The molecule has 0 fully saturated rings. The number of carbonyl (C=O) groups is 1. The van der Waals surface area contributed by atoms with E-state index in [4.69, 9.17) is 10.5 Å². The summed E-state index contributed by atoms with van der Waals surface area (Å²) in [7, 11) is 1.68. The summed E-state index contributed by atoms with van der Waals surface area (Å²) in [6, 6.07) is 15.3. The molecular formula is C16H18N2O2. The molecule has 20 heavy (non-hydrogen) atoms. The highest BCUT2D eigenvalue weighted by molar-refractivity contribution is 5.92. The van der Waals surface area contributed by atoms with Crippen molar-refractivity contribution in [2.24, 2.45) is 5.73 Å². The maximum atomic E-state index is 11.1. The molecule has 0 aliphatic carbocycles. The van der Waals surface area contributed by atoms with Crippen LogP contribution < -0.4 is 11.1 Å². The Kier molecular flexibility index (Phi) is 4.74. The molecule has 0 bridgehead atoms. The maximum Gasteiger partial charge on any atom is 0.248 e. The Morgan fingerprint density at radius 3 is 2.65 bits per heavy atom. The largest absolute Gasteiger partial charge is 0.381 e. The number of hydrogen-bond acceptors (Lipinski definition) is 3. The average Bonchev–Trinajstić information content (AvgIpc) is 2.46. The first-order valence-corrected chi connectivity index (χ1v) is 6.39. The number of nitrogens with one attached hydrogen (secondary N) is 1. The summed E-state index contributed by atoms with van der Waals surface area (Å²) in [5, 5.41) is 3.32. The van der Waals surface area contributed by atoms with E-state index in [2.05, 4.69) is 5.32 Å². The number of nitrogens with two attached hydrogens (primary N) is 1. The first kappa shape index (κ1) is 14.1. The number of amides is 1. The molecule has 0 aliphatic heterocycles. The van der Waals surface area contributed by atoms with Crippen molar-refractivity contribution in [2.45, 2.75) is 13.2 Å². The number of benzene rings is 2. The molecule has 0 unspecified atom stereocenters. The first-order chi connectivity index (χ1) is 9.69. The fraction of sp³-hybridized carbons (Fsp3) is 0.188. The molecule has 2 rings (SSSR count). The van der Waals surface area contributed by atoms with Crippen LogP contribution in [0.1, 0.15) is 21.5 Å². The average molecular weight is 270 g/mol. The molecule has 4 heteroatoms. The van der Waals surface area contributed by atoms with Crippen molar-refractivity contribution < 1.29 is 9.53 Å². The van der Waals surface area contributed by atoms with E-state index in [1.165, 1.54) is 0 Å². The predicted molar refractivity (Wildman–Crippen MR) is 79.4 cm³/mol. The lowest BCUT2D eigenvalue weighted by atomic mass is 10.1. The molecule has 4 nitrogen and oxygen atoms in total. The second-order valence-electron chi connectivity index (χ2n) is 4.55. The van der Waals surface area contributed by atoms with Gasteiger partial charge in [-0.05, 0) is 35.4 Å². The molecule has 3 N–H and O–H groups in total. The molecule has 0 saturated heterocycles. The van der Waals surface area contributed by atoms with E-state index in [9.17, 15) is 4.79 Å². The summed E-state index contributed by atoms with van der Waals surface area (Å²) in [5.41, 5.74) is 8.94. The first-order valence-electron chi connectivity index (χ1n) is 6.39. The van der Waals surface area contributed by atoms with Gasteiger partial charge in [-0.1, -0.05) is 24.3 Å². The minimum absolute atomic E-state index is 0.408. The molecule has 0 atom stereocenters. The van der Waals surface area contributed by atoms with E-state index >= 15 is 0 Å². The van der Waals surface area contributed by atoms with E-state index in [-0.39, 0.29) is 0 Å². The number of ether oxygens (including phenoxy) is 1. The standard InChI is InChI=1S/C16H18N2O2/c1-20-11-13-5-3-7-15(9-13)18-10-12-4-2-6-14(8-12)16(17)19/h2-9,18H,10-11H2,1H3,(H2,17,19). The molecule has 0 spiro atoms. The van der Waals surface area contributed by atoms with Crippen LogP contribution in [0.2, 0.25) is 0 Å². The maximum absolute atomic E-state index is 11.1. The van der Waals surface area contributed by atoms with Crippen molar-refractivity contribution in [2.75, 3.05) is 12.4 Å². The lowest BCUT2D eigenvalue weighted by Gasteiger charge is -2.09. The second kappa shape index (κ2) is 6.73. The van der Waals surface area contributed by atoms with E-state index in [0.717, 1.165) is 16.8 Å². The number of carbonyl (C=O) groups excluding carboxylic acids is 1. The number of rotatable bonds is 6. The molecule has 1 amide bonds. The monoisotopic (exact) mass is 270 g/mol. The zero-order valence-electron chi connectivity index (χ0n) is 11.4. The Morgan fingerprint density at radius 2 is 1.90 bits per heavy atom. The van der Waals surface area contributed by atoms with Gasteiger partial charge in [0, 0.05) is 24.9 Å². The van der Waals surface area contributed by atoms with Crippen LogP contribution in [0.4, 0.5) is 5.69 Å². The number of primary amides is 1. The van der Waals surface area contributed by atoms with Crippen molar-refractivity contribution in [1.29, 1.82) is 0 Å². The molecular weight excluding hydrogens is 252 g/mol. The zero-order valence-corrected chi connectivity index (χ0v) is 11.4. The van der Waals surface area contributed by atoms with Crippen molar-refractivity contribution in [3.63, 3.8) is 0 Å². The Hall–Kier alpha value is -2.33. The van der Waals surface area contributed by atoms with Crippen LogP contribution in [0, 0.1) is 0 Å². The fourth-order valence-corrected chi connectivity index (χ4v) is 1.98. The van der Waals surface area contributed by atoms with Gasteiger partial charge in [0.05, 0.1) is 6.61 Å². The SMILES string of the molecule is COCc1cccc(NCc2cccc(C(N)=O)c2)c1. The van der Waals surface area contributed by atoms with Crippen LogP contribution in [0.25, 0.3) is 0 Å². The second-order valence-corrected chi connectivity index (χ2v) is 4.55. The van der Waals surface area contributed by atoms with E-state index in [1.807, 2.05) is 36.4 Å². The summed E-state index contributed by atoms with van der Waals surface area (Å²) in [6.45, 7) is 1.23. The number of anilines is 1. The Morgan fingerprint density at radius 1 is 1.15 bits per heavy atom. The molecule has 0 radical (unpaired) electrons. The quantitative estimate of drug-likeness (QED) is 0.847. The third-order valence-corrected chi connectivity index (χ3v) is 2.95. The topological polar surface area (TPSA) is 64.3 Å². The van der Waals surface area contributed by atoms with Gasteiger partial charge in [0.15, 0.2) is 0 Å². The van der Waals surface area contributed by atoms with Gasteiger partial charge in [-0.25, -0.2) is 0 Å². The van der Waals surface area contributed by atoms with E-state index in [0.29, 0.717) is 18.7 Å². The van der Waals surface area contributed by atoms with E-state index in [1.54, 1.807) is 19.2 Å². The van der Waals surface area contributed by atoms with Crippen LogP contribution in [0.3, 0.4) is 0 Å². The third kappa shape index (κ3) is 3.83. The Labute approximate surface area is 118 Å². The Bertz CT molecular complexity index is 597. The highest BCUT2D eigenvalue weighted by Crippen LogP contribution is 2.13. The van der Waals surface area contributed by atoms with Crippen LogP contribution in [-0.4, -0.2) is 13.0 Å². The number of hydrogen-bond donors (Lipinski definition) is 2. The minimum atomic E-state index is -0.408. The van der Waals surface area contributed by atoms with Gasteiger partial charge >= 0.3 is 0 Å². The third-order valence-electron chi connectivity index (χ3n) is 2.95. The van der Waals surface area contributed by atoms with Crippen LogP contribution in [0.5, 0.6) is 0 Å². The lowest BCUT2D eigenvalue weighted by molar-refractivity contribution is 0.1000. The zero-order chi connectivity index (χ0) is 14.4. The lowest BCUT2D eigenvalue weighted by Crippen LogP contribution is -2.11. The summed E-state index contributed by atoms with van der Waals surface area (Å²) < 4.78 is 5.11. The Balaban J connectivity index is 2.03. The molecule has 0 aromatic heterocycles. The van der Waals surface area contributed by atoms with Gasteiger partial charge in [0.25, 0.3) is 0 Å². The van der Waals surface area contributed by atoms with Gasteiger partial charge in [0.2, 0.25) is 5.91 Å². The van der Waals surface area contributed by atoms with Gasteiger partial charge in [-0.2, -0.15) is 0 Å². The highest BCUT2D eigenvalue weighted by Gasteiger charge is 2.01. The van der Waals surface area contributed by atoms with Crippen molar-refractivity contribution in [3.05, 3.63) is 65.2 Å². The highest BCUT2D eigenvalue weighted by atomic mass is 16.5. The van der Waals surface area contributed by atoms with Crippen LogP contribution in [0.15, 0.2) is 48.5 Å². The van der Waals surface area contributed by atoms with Gasteiger partial charge in [-0.15, -0.1) is 0 Å². The fourth-order valence-electron chi connectivity index (χ4n) is 1.98. The van der Waals surface area contributed by atoms with Crippen LogP contribution in [-0.2, 0) is 17.9 Å². The molecule has 0 aliphatic rings. The summed E-state index contributed by atoms with van der Waals surface area (Å²) in [5.74, 6) is -0.408. The van der Waals surface area contributed by atoms with Gasteiger partial charge < -0.3 is 15.8 Å². The van der Waals surface area contributed by atoms with Crippen molar-refractivity contribution in [1.82, 2.24) is 0 Å². The normalized spacial score (nSPS) is 10.2. The van der Waals surface area contributed by atoms with Crippen LogP contribution >= 0.6 is 0 Å². The number of methoxy groups -OCH3 is 1. The molecule has 104 valence electrons. The molecule has 0 heterocycles.